The average molecular weight is 331 g/mol. The third-order valence-corrected chi connectivity index (χ3v) is 5.26. The first kappa shape index (κ1) is 16.3. The maximum Gasteiger partial charge on any atom is 0.254 e. The van der Waals surface area contributed by atoms with Gasteiger partial charge in [0.25, 0.3) is 5.91 Å². The van der Waals surface area contributed by atoms with Gasteiger partial charge in [-0.05, 0) is 51.3 Å². The fourth-order valence-electron chi connectivity index (χ4n) is 2.80. The van der Waals surface area contributed by atoms with E-state index in [2.05, 4.69) is 0 Å². The van der Waals surface area contributed by atoms with Crippen molar-refractivity contribution in [2.75, 3.05) is 6.54 Å². The highest BCUT2D eigenvalue weighted by molar-refractivity contribution is 7.89. The minimum Gasteiger partial charge on any atom is -0.334 e. The van der Waals surface area contributed by atoms with Gasteiger partial charge in [0.15, 0.2) is 0 Å². The zero-order chi connectivity index (χ0) is 16.0. The Balaban J connectivity index is 2.55. The van der Waals surface area contributed by atoms with Gasteiger partial charge in [0.1, 0.15) is 0 Å². The van der Waals surface area contributed by atoms with Crippen LogP contribution < -0.4 is 5.14 Å². The highest BCUT2D eigenvalue weighted by Gasteiger charge is 2.36. The normalized spacial score (nSPS) is 18.0. The number of nitrogens with two attached hydrogens (primary N) is 1. The second-order valence-corrected chi connectivity index (χ2v) is 7.96. The van der Waals surface area contributed by atoms with Crippen LogP contribution in [0.2, 0.25) is 5.02 Å². The molecule has 0 spiro atoms. The number of sulfonamides is 1. The largest absolute Gasteiger partial charge is 0.334 e. The molecule has 1 saturated heterocycles. The van der Waals surface area contributed by atoms with E-state index in [1.165, 1.54) is 12.1 Å². The van der Waals surface area contributed by atoms with Gasteiger partial charge in [-0.2, -0.15) is 0 Å². The number of carbonyl (C=O) groups is 1. The molecule has 0 radical (unpaired) electrons. The van der Waals surface area contributed by atoms with Crippen LogP contribution >= 0.6 is 11.6 Å². The van der Waals surface area contributed by atoms with Crippen LogP contribution in [0.15, 0.2) is 17.0 Å². The van der Waals surface area contributed by atoms with Crippen molar-refractivity contribution < 1.29 is 13.2 Å². The van der Waals surface area contributed by atoms with E-state index in [0.29, 0.717) is 17.7 Å². The first-order valence-electron chi connectivity index (χ1n) is 6.69. The predicted molar refractivity (Wildman–Crippen MR) is 81.9 cm³/mol. The van der Waals surface area contributed by atoms with Crippen LogP contribution in [0.5, 0.6) is 0 Å². The Morgan fingerprint density at radius 3 is 2.48 bits per heavy atom. The molecule has 0 unspecified atom stereocenters. The third kappa shape index (κ3) is 3.07. The molecule has 7 heteroatoms. The number of hydrogen-bond donors (Lipinski definition) is 1. The van der Waals surface area contributed by atoms with E-state index in [-0.39, 0.29) is 21.4 Å². The average Bonchev–Trinajstić information content (AvgIpc) is 2.69. The summed E-state index contributed by atoms with van der Waals surface area (Å²) < 4.78 is 23.2. The van der Waals surface area contributed by atoms with E-state index in [1.807, 2.05) is 13.8 Å². The monoisotopic (exact) mass is 330 g/mol. The molecule has 5 nitrogen and oxygen atoms in total. The molecule has 1 aromatic carbocycles. The second-order valence-electron chi connectivity index (χ2n) is 5.99. The van der Waals surface area contributed by atoms with Crippen LogP contribution in [0.4, 0.5) is 0 Å². The molecule has 1 aromatic rings. The van der Waals surface area contributed by atoms with E-state index < -0.39 is 10.0 Å². The smallest absolute Gasteiger partial charge is 0.254 e. The molecule has 2 N–H and O–H groups in total. The summed E-state index contributed by atoms with van der Waals surface area (Å²) in [5.41, 5.74) is 0.393. The Morgan fingerprint density at radius 1 is 1.38 bits per heavy atom. The molecule has 1 aliphatic heterocycles. The molecule has 0 aromatic heterocycles. The number of halogens is 1. The summed E-state index contributed by atoms with van der Waals surface area (Å²) in [5.74, 6) is -0.206. The van der Waals surface area contributed by atoms with Crippen LogP contribution in [-0.2, 0) is 10.0 Å². The van der Waals surface area contributed by atoms with Gasteiger partial charge in [0.05, 0.1) is 4.90 Å². The molecular formula is C14H19ClN2O3S. The van der Waals surface area contributed by atoms with Gasteiger partial charge in [0.2, 0.25) is 10.0 Å². The molecule has 2 rings (SSSR count). The number of primary sulfonamides is 1. The van der Waals surface area contributed by atoms with E-state index in [4.69, 9.17) is 16.7 Å². The lowest BCUT2D eigenvalue weighted by atomic mass is 10.0. The summed E-state index contributed by atoms with van der Waals surface area (Å²) in [6, 6.07) is 2.78. The molecule has 0 saturated carbocycles. The van der Waals surface area contributed by atoms with Crippen molar-refractivity contribution >= 4 is 27.5 Å². The minimum absolute atomic E-state index is 0.102. The predicted octanol–water partition coefficient (Wildman–Crippen LogP) is 2.31. The summed E-state index contributed by atoms with van der Waals surface area (Å²) in [7, 11) is -3.92. The highest BCUT2D eigenvalue weighted by atomic mass is 35.5. The minimum atomic E-state index is -3.92. The van der Waals surface area contributed by atoms with E-state index >= 15 is 0 Å². The molecule has 116 valence electrons. The maximum atomic E-state index is 12.7. The number of nitrogens with zero attached hydrogens (tertiary/aromatic N) is 1. The number of amides is 1. The van der Waals surface area contributed by atoms with Gasteiger partial charge < -0.3 is 4.90 Å². The van der Waals surface area contributed by atoms with Crippen molar-refractivity contribution in [1.82, 2.24) is 4.90 Å². The van der Waals surface area contributed by atoms with E-state index in [0.717, 1.165) is 12.8 Å². The standard InChI is InChI=1S/C14H19ClN2O3S/c1-9-11(7-10(15)8-12(9)21(16,19)20)13(18)17-6-4-5-14(17,2)3/h7-8H,4-6H2,1-3H3,(H2,16,19,20). The Kier molecular flexibility index (Phi) is 4.08. The van der Waals surface area contributed by atoms with Crippen molar-refractivity contribution in [2.24, 2.45) is 5.14 Å². The molecule has 1 amide bonds. The van der Waals surface area contributed by atoms with Gasteiger partial charge in [-0.3, -0.25) is 4.79 Å². The summed E-state index contributed by atoms with van der Waals surface area (Å²) in [5, 5.41) is 5.38. The molecule has 21 heavy (non-hydrogen) atoms. The molecule has 1 aliphatic rings. The Labute approximate surface area is 130 Å². The first-order valence-corrected chi connectivity index (χ1v) is 8.61. The SMILES string of the molecule is Cc1c(C(=O)N2CCCC2(C)C)cc(Cl)cc1S(N)(=O)=O. The topological polar surface area (TPSA) is 80.5 Å². The lowest BCUT2D eigenvalue weighted by Crippen LogP contribution is -2.43. The van der Waals surface area contributed by atoms with Gasteiger partial charge in [-0.15, -0.1) is 0 Å². The Hall–Kier alpha value is -1.11. The molecule has 0 atom stereocenters. The quantitative estimate of drug-likeness (QED) is 0.903. The molecule has 0 bridgehead atoms. The summed E-state index contributed by atoms with van der Waals surface area (Å²) in [4.78, 5) is 14.4. The third-order valence-electron chi connectivity index (χ3n) is 4.01. The van der Waals surface area contributed by atoms with Crippen molar-refractivity contribution in [3.05, 3.63) is 28.3 Å². The first-order chi connectivity index (χ1) is 9.54. The lowest BCUT2D eigenvalue weighted by Gasteiger charge is -2.32. The molecule has 1 heterocycles. The summed E-state index contributed by atoms with van der Waals surface area (Å²) in [6.07, 6.45) is 1.85. The number of rotatable bonds is 2. The van der Waals surface area contributed by atoms with Crippen LogP contribution in [0.1, 0.15) is 42.6 Å². The Morgan fingerprint density at radius 2 is 2.00 bits per heavy atom. The van der Waals surface area contributed by atoms with Gasteiger partial charge in [-0.25, -0.2) is 13.6 Å². The van der Waals surface area contributed by atoms with Crippen LogP contribution in [0, 0.1) is 6.92 Å². The van der Waals surface area contributed by atoms with Gasteiger partial charge >= 0.3 is 0 Å². The summed E-state index contributed by atoms with van der Waals surface area (Å²) >= 11 is 5.96. The second kappa shape index (κ2) is 5.26. The fraction of sp³-hybridized carbons (Fsp3) is 0.500. The van der Waals surface area contributed by atoms with Crippen LogP contribution in [0.25, 0.3) is 0 Å². The van der Waals surface area contributed by atoms with E-state index in [1.54, 1.807) is 11.8 Å². The maximum absolute atomic E-state index is 12.7. The summed E-state index contributed by atoms with van der Waals surface area (Å²) in [6.45, 7) is 6.23. The van der Waals surface area contributed by atoms with E-state index in [9.17, 15) is 13.2 Å². The highest BCUT2D eigenvalue weighted by Crippen LogP contribution is 2.32. The van der Waals surface area contributed by atoms with Gasteiger partial charge in [-0.1, -0.05) is 11.6 Å². The van der Waals surface area contributed by atoms with Crippen molar-refractivity contribution in [1.29, 1.82) is 0 Å². The molecule has 1 fully saturated rings. The van der Waals surface area contributed by atoms with Crippen LogP contribution in [-0.4, -0.2) is 31.3 Å². The van der Waals surface area contributed by atoms with Crippen LogP contribution in [0.3, 0.4) is 0 Å². The number of carbonyl (C=O) groups excluding carboxylic acids is 1. The van der Waals surface area contributed by atoms with Gasteiger partial charge in [0, 0.05) is 22.7 Å². The van der Waals surface area contributed by atoms with Crippen molar-refractivity contribution in [3.63, 3.8) is 0 Å². The molecule has 0 aliphatic carbocycles. The number of likely N-dealkylation sites (tertiary alicyclic amines) is 1. The number of benzene rings is 1. The van der Waals surface area contributed by atoms with Crippen molar-refractivity contribution in [2.45, 2.75) is 44.0 Å². The lowest BCUT2D eigenvalue weighted by molar-refractivity contribution is 0.0651. The zero-order valence-electron chi connectivity index (χ0n) is 12.3. The van der Waals surface area contributed by atoms with Crippen molar-refractivity contribution in [3.8, 4) is 0 Å². The molecular weight excluding hydrogens is 312 g/mol. The number of hydrogen-bond acceptors (Lipinski definition) is 3. The fourth-order valence-corrected chi connectivity index (χ4v) is 3.91. The zero-order valence-corrected chi connectivity index (χ0v) is 13.9. The Bertz CT molecular complexity index is 698.